The summed E-state index contributed by atoms with van der Waals surface area (Å²) >= 11 is 0. The molecule has 0 bridgehead atoms. The number of hydrogen-bond acceptors (Lipinski definition) is 6. The molecule has 8 nitrogen and oxygen atoms in total. The van der Waals surface area contributed by atoms with Gasteiger partial charge in [-0.1, -0.05) is 18.2 Å². The van der Waals surface area contributed by atoms with E-state index >= 15 is 0 Å². The minimum absolute atomic E-state index is 0.0910. The second kappa shape index (κ2) is 7.56. The Kier molecular flexibility index (Phi) is 5.02. The fraction of sp³-hybridized carbons (Fsp3) is 0.167. The largest absolute Gasteiger partial charge is 0.454 e. The number of benzene rings is 2. The smallest absolute Gasteiger partial charge is 0.339 e. The number of rotatable bonds is 4. The normalized spacial score (nSPS) is 12.8. The molecular weight excluding hydrogens is 340 g/mol. The maximum absolute atomic E-state index is 12.1. The lowest BCUT2D eigenvalue weighted by Gasteiger charge is -2.14. The molecule has 0 spiro atoms. The van der Waals surface area contributed by atoms with E-state index in [1.807, 2.05) is 0 Å². The summed E-state index contributed by atoms with van der Waals surface area (Å²) in [7, 11) is 0. The molecule has 26 heavy (non-hydrogen) atoms. The van der Waals surface area contributed by atoms with E-state index in [2.05, 4.69) is 10.9 Å². The van der Waals surface area contributed by atoms with Crippen molar-refractivity contribution >= 4 is 17.8 Å². The highest BCUT2D eigenvalue weighted by Gasteiger charge is 2.22. The van der Waals surface area contributed by atoms with Crippen LogP contribution in [0.15, 0.2) is 48.5 Å². The van der Waals surface area contributed by atoms with E-state index in [9.17, 15) is 14.4 Å². The fourth-order valence-corrected chi connectivity index (χ4v) is 2.19. The molecule has 2 aromatic carbocycles. The van der Waals surface area contributed by atoms with Crippen molar-refractivity contribution in [1.29, 1.82) is 0 Å². The minimum atomic E-state index is -1.11. The third-order valence-corrected chi connectivity index (χ3v) is 3.60. The summed E-state index contributed by atoms with van der Waals surface area (Å²) in [6.45, 7) is 1.49. The highest BCUT2D eigenvalue weighted by Crippen LogP contribution is 2.32. The molecule has 0 saturated heterocycles. The topological polar surface area (TPSA) is 103 Å². The van der Waals surface area contributed by atoms with Crippen LogP contribution in [-0.4, -0.2) is 30.7 Å². The maximum Gasteiger partial charge on any atom is 0.339 e. The molecule has 0 saturated carbocycles. The Bertz CT molecular complexity index is 837. The Labute approximate surface area is 149 Å². The van der Waals surface area contributed by atoms with Crippen LogP contribution < -0.4 is 20.3 Å². The Balaban J connectivity index is 1.52. The Morgan fingerprint density at radius 3 is 2.46 bits per heavy atom. The van der Waals surface area contributed by atoms with Gasteiger partial charge in [0.25, 0.3) is 11.8 Å². The molecule has 0 unspecified atom stereocenters. The van der Waals surface area contributed by atoms with E-state index in [0.29, 0.717) is 17.1 Å². The van der Waals surface area contributed by atoms with Crippen LogP contribution in [0.25, 0.3) is 0 Å². The lowest BCUT2D eigenvalue weighted by Crippen LogP contribution is -2.46. The van der Waals surface area contributed by atoms with E-state index in [-0.39, 0.29) is 12.4 Å². The van der Waals surface area contributed by atoms with Crippen LogP contribution in [0.1, 0.15) is 27.6 Å². The lowest BCUT2D eigenvalue weighted by molar-refractivity contribution is -0.129. The fourth-order valence-electron chi connectivity index (χ4n) is 2.19. The Morgan fingerprint density at radius 1 is 0.962 bits per heavy atom. The first-order chi connectivity index (χ1) is 12.5. The summed E-state index contributed by atoms with van der Waals surface area (Å²) in [6, 6.07) is 13.0. The molecule has 3 rings (SSSR count). The summed E-state index contributed by atoms with van der Waals surface area (Å²) < 4.78 is 15.5. The highest BCUT2D eigenvalue weighted by atomic mass is 16.7. The number of amides is 2. The monoisotopic (exact) mass is 356 g/mol. The van der Waals surface area contributed by atoms with Gasteiger partial charge in [-0.15, -0.1) is 0 Å². The van der Waals surface area contributed by atoms with Gasteiger partial charge < -0.3 is 14.2 Å². The van der Waals surface area contributed by atoms with Crippen molar-refractivity contribution in [2.45, 2.75) is 13.0 Å². The van der Waals surface area contributed by atoms with Crippen molar-refractivity contribution in [1.82, 2.24) is 10.9 Å². The molecule has 8 heteroatoms. The average molecular weight is 356 g/mol. The van der Waals surface area contributed by atoms with Gasteiger partial charge in [-0.3, -0.25) is 20.4 Å². The van der Waals surface area contributed by atoms with Crippen molar-refractivity contribution in [3.8, 4) is 11.5 Å². The maximum atomic E-state index is 12.1. The zero-order valence-electron chi connectivity index (χ0n) is 13.9. The standard InChI is InChI=1S/C18H16N2O6/c1-11(16(21)19-20-17(22)12-5-3-2-4-6-12)26-18(23)13-7-8-14-15(9-13)25-10-24-14/h2-9,11H,10H2,1H3,(H,19,21)(H,20,22)/t11-/m1/s1. The van der Waals surface area contributed by atoms with Crippen LogP contribution in [0.4, 0.5) is 0 Å². The average Bonchev–Trinajstić information content (AvgIpc) is 3.14. The van der Waals surface area contributed by atoms with Gasteiger partial charge in [0.2, 0.25) is 6.79 Å². The van der Waals surface area contributed by atoms with Gasteiger partial charge >= 0.3 is 5.97 Å². The number of fused-ring (bicyclic) bond motifs is 1. The second-order valence-corrected chi connectivity index (χ2v) is 5.42. The van der Waals surface area contributed by atoms with Gasteiger partial charge in [0.05, 0.1) is 5.56 Å². The van der Waals surface area contributed by atoms with Crippen LogP contribution in [0.2, 0.25) is 0 Å². The first-order valence-corrected chi connectivity index (χ1v) is 7.80. The highest BCUT2D eigenvalue weighted by molar-refractivity contribution is 5.96. The second-order valence-electron chi connectivity index (χ2n) is 5.42. The molecule has 1 atom stereocenters. The molecule has 2 amide bonds. The number of ether oxygens (including phenoxy) is 3. The molecule has 0 radical (unpaired) electrons. The van der Waals surface area contributed by atoms with Crippen molar-refractivity contribution in [2.75, 3.05) is 6.79 Å². The molecule has 2 aromatic rings. The molecule has 134 valence electrons. The zero-order chi connectivity index (χ0) is 18.5. The predicted octanol–water partition coefficient (Wildman–Crippen LogP) is 1.42. The number of hydrazine groups is 1. The van der Waals surface area contributed by atoms with Gasteiger partial charge in [-0.2, -0.15) is 0 Å². The van der Waals surface area contributed by atoms with E-state index in [1.165, 1.54) is 19.1 Å². The summed E-state index contributed by atoms with van der Waals surface area (Å²) in [4.78, 5) is 36.0. The molecule has 0 aromatic heterocycles. The van der Waals surface area contributed by atoms with Crippen molar-refractivity contribution in [3.05, 3.63) is 59.7 Å². The quantitative estimate of drug-likeness (QED) is 0.634. The number of nitrogens with one attached hydrogen (secondary N) is 2. The summed E-state index contributed by atoms with van der Waals surface area (Å²) in [5.74, 6) is -0.861. The van der Waals surface area contributed by atoms with Crippen molar-refractivity contribution < 1.29 is 28.6 Å². The number of carbonyl (C=O) groups excluding carboxylic acids is 3. The van der Waals surface area contributed by atoms with Gasteiger partial charge in [0.1, 0.15) is 0 Å². The molecule has 0 fully saturated rings. The van der Waals surface area contributed by atoms with Gasteiger partial charge in [-0.05, 0) is 37.3 Å². The first-order valence-electron chi connectivity index (χ1n) is 7.80. The molecular formula is C18H16N2O6. The van der Waals surface area contributed by atoms with E-state index in [1.54, 1.807) is 36.4 Å². The summed E-state index contributed by atoms with van der Waals surface area (Å²) in [5.41, 5.74) is 5.09. The number of esters is 1. The van der Waals surface area contributed by atoms with Crippen LogP contribution in [0.3, 0.4) is 0 Å². The Hall–Kier alpha value is -3.55. The molecule has 1 aliphatic heterocycles. The van der Waals surface area contributed by atoms with E-state index in [4.69, 9.17) is 14.2 Å². The zero-order valence-corrected chi connectivity index (χ0v) is 13.9. The molecule has 1 aliphatic rings. The number of carbonyl (C=O) groups is 3. The third-order valence-electron chi connectivity index (χ3n) is 3.60. The van der Waals surface area contributed by atoms with Crippen molar-refractivity contribution in [2.24, 2.45) is 0 Å². The van der Waals surface area contributed by atoms with Gasteiger partial charge in [-0.25, -0.2) is 4.79 Å². The van der Waals surface area contributed by atoms with Crippen molar-refractivity contribution in [3.63, 3.8) is 0 Å². The molecule has 2 N–H and O–H groups in total. The summed E-state index contributed by atoms with van der Waals surface area (Å²) in [6.07, 6.45) is -1.11. The minimum Gasteiger partial charge on any atom is -0.454 e. The first kappa shape index (κ1) is 17.3. The molecule has 1 heterocycles. The molecule has 0 aliphatic carbocycles. The lowest BCUT2D eigenvalue weighted by atomic mass is 10.2. The predicted molar refractivity (Wildman–Crippen MR) is 89.5 cm³/mol. The Morgan fingerprint density at radius 2 is 1.69 bits per heavy atom. The van der Waals surface area contributed by atoms with Crippen LogP contribution in [0, 0.1) is 0 Å². The third kappa shape index (κ3) is 3.92. The van der Waals surface area contributed by atoms with Crippen LogP contribution >= 0.6 is 0 Å². The number of hydrogen-bond donors (Lipinski definition) is 2. The van der Waals surface area contributed by atoms with Crippen LogP contribution in [0.5, 0.6) is 11.5 Å². The van der Waals surface area contributed by atoms with Gasteiger partial charge in [0.15, 0.2) is 17.6 Å². The van der Waals surface area contributed by atoms with E-state index < -0.39 is 23.9 Å². The van der Waals surface area contributed by atoms with Crippen LogP contribution in [-0.2, 0) is 9.53 Å². The van der Waals surface area contributed by atoms with E-state index in [0.717, 1.165) is 0 Å². The SMILES string of the molecule is C[C@@H](OC(=O)c1ccc2c(c1)OCO2)C(=O)NNC(=O)c1ccccc1. The summed E-state index contributed by atoms with van der Waals surface area (Å²) in [5, 5.41) is 0. The van der Waals surface area contributed by atoms with Gasteiger partial charge in [0, 0.05) is 5.56 Å².